The van der Waals surface area contributed by atoms with Gasteiger partial charge >= 0.3 is 0 Å². The van der Waals surface area contributed by atoms with E-state index in [0.717, 1.165) is 19.6 Å². The molecule has 1 unspecified atom stereocenters. The summed E-state index contributed by atoms with van der Waals surface area (Å²) in [7, 11) is 0. The van der Waals surface area contributed by atoms with E-state index in [-0.39, 0.29) is 0 Å². The van der Waals surface area contributed by atoms with Crippen molar-refractivity contribution in [3.63, 3.8) is 0 Å². The summed E-state index contributed by atoms with van der Waals surface area (Å²) in [6, 6.07) is 0. The minimum atomic E-state index is 0.446. The van der Waals surface area contributed by atoms with Gasteiger partial charge < -0.3 is 9.47 Å². The lowest BCUT2D eigenvalue weighted by Crippen LogP contribution is -2.04. The van der Waals surface area contributed by atoms with E-state index in [9.17, 15) is 0 Å². The van der Waals surface area contributed by atoms with Crippen LogP contribution in [0.1, 0.15) is 33.1 Å². The molecule has 0 spiro atoms. The Kier molecular flexibility index (Phi) is 4.15. The highest BCUT2D eigenvalue weighted by atomic mass is 16.5. The average Bonchev–Trinajstić information content (AvgIpc) is 2.53. The highest BCUT2D eigenvalue weighted by molar-refractivity contribution is 4.96. The van der Waals surface area contributed by atoms with Crippen LogP contribution in [0.2, 0.25) is 0 Å². The van der Waals surface area contributed by atoms with Gasteiger partial charge in [-0.25, -0.2) is 0 Å². The van der Waals surface area contributed by atoms with Crippen molar-refractivity contribution in [3.05, 3.63) is 11.8 Å². The van der Waals surface area contributed by atoms with Crippen molar-refractivity contribution in [2.24, 2.45) is 0 Å². The number of rotatable bonds is 4. The second kappa shape index (κ2) is 5.20. The van der Waals surface area contributed by atoms with Crippen LogP contribution >= 0.6 is 0 Å². The SMILES string of the molecule is CCO/C=C(\C)CC1CCCO1. The van der Waals surface area contributed by atoms with Gasteiger partial charge in [0.2, 0.25) is 0 Å². The molecule has 70 valence electrons. The topological polar surface area (TPSA) is 18.5 Å². The van der Waals surface area contributed by atoms with Crippen molar-refractivity contribution in [3.8, 4) is 0 Å². The Labute approximate surface area is 74.6 Å². The van der Waals surface area contributed by atoms with Crippen LogP contribution in [0.4, 0.5) is 0 Å². The Balaban J connectivity index is 2.19. The first-order valence-electron chi connectivity index (χ1n) is 4.71. The molecule has 2 nitrogen and oxygen atoms in total. The van der Waals surface area contributed by atoms with Gasteiger partial charge in [0.25, 0.3) is 0 Å². The molecule has 12 heavy (non-hydrogen) atoms. The summed E-state index contributed by atoms with van der Waals surface area (Å²) in [5, 5.41) is 0. The predicted octanol–water partition coefficient (Wildman–Crippen LogP) is 2.50. The van der Waals surface area contributed by atoms with Gasteiger partial charge in [0.05, 0.1) is 19.0 Å². The molecule has 0 amide bonds. The molecule has 1 heterocycles. The van der Waals surface area contributed by atoms with Crippen LogP contribution in [0.25, 0.3) is 0 Å². The fourth-order valence-electron chi connectivity index (χ4n) is 1.44. The molecule has 0 aliphatic carbocycles. The molecule has 1 aliphatic rings. The molecule has 1 rings (SSSR count). The smallest absolute Gasteiger partial charge is 0.0845 e. The monoisotopic (exact) mass is 170 g/mol. The first kappa shape index (κ1) is 9.59. The van der Waals surface area contributed by atoms with Gasteiger partial charge in [0.15, 0.2) is 0 Å². The largest absolute Gasteiger partial charge is 0.502 e. The quantitative estimate of drug-likeness (QED) is 0.603. The molecule has 1 atom stereocenters. The second-order valence-electron chi connectivity index (χ2n) is 3.26. The molecule has 1 saturated heterocycles. The van der Waals surface area contributed by atoms with Crippen LogP contribution < -0.4 is 0 Å². The summed E-state index contributed by atoms with van der Waals surface area (Å²) >= 11 is 0. The minimum absolute atomic E-state index is 0.446. The normalized spacial score (nSPS) is 24.5. The maximum atomic E-state index is 5.51. The van der Waals surface area contributed by atoms with E-state index >= 15 is 0 Å². The third-order valence-corrected chi connectivity index (χ3v) is 2.02. The zero-order valence-electron chi connectivity index (χ0n) is 8.01. The molecule has 0 radical (unpaired) electrons. The van der Waals surface area contributed by atoms with Crippen LogP contribution in [-0.2, 0) is 9.47 Å². The first-order valence-corrected chi connectivity index (χ1v) is 4.71. The van der Waals surface area contributed by atoms with Gasteiger partial charge in [-0.1, -0.05) is 0 Å². The van der Waals surface area contributed by atoms with E-state index < -0.39 is 0 Å². The Morgan fingerprint density at radius 2 is 2.50 bits per heavy atom. The van der Waals surface area contributed by atoms with Gasteiger partial charge in [0, 0.05) is 6.61 Å². The van der Waals surface area contributed by atoms with Gasteiger partial charge in [-0.2, -0.15) is 0 Å². The van der Waals surface area contributed by atoms with Gasteiger partial charge in [-0.05, 0) is 38.7 Å². The lowest BCUT2D eigenvalue weighted by Gasteiger charge is -2.08. The Morgan fingerprint density at radius 3 is 3.08 bits per heavy atom. The van der Waals surface area contributed by atoms with Crippen LogP contribution in [0.15, 0.2) is 11.8 Å². The summed E-state index contributed by atoms with van der Waals surface area (Å²) in [6.45, 7) is 5.78. The maximum absolute atomic E-state index is 5.51. The molecule has 2 heteroatoms. The van der Waals surface area contributed by atoms with Crippen LogP contribution in [0.3, 0.4) is 0 Å². The highest BCUT2D eigenvalue weighted by Gasteiger charge is 2.15. The number of ether oxygens (including phenoxy) is 2. The lowest BCUT2D eigenvalue weighted by molar-refractivity contribution is 0.110. The number of hydrogen-bond acceptors (Lipinski definition) is 2. The molecule has 0 aromatic carbocycles. The second-order valence-corrected chi connectivity index (χ2v) is 3.26. The predicted molar refractivity (Wildman–Crippen MR) is 49.0 cm³/mol. The standard InChI is InChI=1S/C10H18O2/c1-3-11-8-9(2)7-10-5-4-6-12-10/h8,10H,3-7H2,1-2H3/b9-8+. The summed E-state index contributed by atoms with van der Waals surface area (Å²) in [4.78, 5) is 0. The average molecular weight is 170 g/mol. The Hall–Kier alpha value is -0.500. The summed E-state index contributed by atoms with van der Waals surface area (Å²) in [5.41, 5.74) is 1.28. The van der Waals surface area contributed by atoms with Crippen molar-refractivity contribution >= 4 is 0 Å². The molecule has 1 aliphatic heterocycles. The van der Waals surface area contributed by atoms with Crippen molar-refractivity contribution < 1.29 is 9.47 Å². The van der Waals surface area contributed by atoms with Crippen molar-refractivity contribution in [2.45, 2.75) is 39.2 Å². The molecule has 0 saturated carbocycles. The molecule has 0 N–H and O–H groups in total. The van der Waals surface area contributed by atoms with Crippen molar-refractivity contribution in [1.82, 2.24) is 0 Å². The minimum Gasteiger partial charge on any atom is -0.502 e. The Bertz CT molecular complexity index is 146. The summed E-state index contributed by atoms with van der Waals surface area (Å²) < 4.78 is 10.7. The summed E-state index contributed by atoms with van der Waals surface area (Å²) in [6.07, 6.45) is 5.74. The first-order chi connectivity index (χ1) is 5.83. The Morgan fingerprint density at radius 1 is 1.67 bits per heavy atom. The molecule has 0 aromatic rings. The van der Waals surface area contributed by atoms with E-state index in [1.807, 2.05) is 13.2 Å². The van der Waals surface area contributed by atoms with Gasteiger partial charge in [0.1, 0.15) is 0 Å². The van der Waals surface area contributed by atoms with Crippen molar-refractivity contribution in [1.29, 1.82) is 0 Å². The van der Waals surface area contributed by atoms with Crippen LogP contribution in [-0.4, -0.2) is 19.3 Å². The van der Waals surface area contributed by atoms with E-state index in [1.54, 1.807) is 0 Å². The fourth-order valence-corrected chi connectivity index (χ4v) is 1.44. The van der Waals surface area contributed by atoms with E-state index in [4.69, 9.17) is 9.47 Å². The highest BCUT2D eigenvalue weighted by Crippen LogP contribution is 2.18. The molecule has 0 bridgehead atoms. The van der Waals surface area contributed by atoms with Crippen molar-refractivity contribution in [2.75, 3.05) is 13.2 Å². The molecule has 1 fully saturated rings. The molecule has 0 aromatic heterocycles. The summed E-state index contributed by atoms with van der Waals surface area (Å²) in [5.74, 6) is 0. The van der Waals surface area contributed by atoms with Crippen LogP contribution in [0, 0.1) is 0 Å². The van der Waals surface area contributed by atoms with E-state index in [0.29, 0.717) is 6.10 Å². The molecular formula is C10H18O2. The third-order valence-electron chi connectivity index (χ3n) is 2.02. The van der Waals surface area contributed by atoms with Gasteiger partial charge in [-0.3, -0.25) is 0 Å². The third kappa shape index (κ3) is 3.26. The molecular weight excluding hydrogens is 152 g/mol. The number of hydrogen-bond donors (Lipinski definition) is 0. The maximum Gasteiger partial charge on any atom is 0.0845 e. The fraction of sp³-hybridized carbons (Fsp3) is 0.800. The van der Waals surface area contributed by atoms with E-state index in [1.165, 1.54) is 18.4 Å². The zero-order chi connectivity index (χ0) is 8.81. The van der Waals surface area contributed by atoms with E-state index in [2.05, 4.69) is 6.92 Å². The zero-order valence-corrected chi connectivity index (χ0v) is 8.01. The van der Waals surface area contributed by atoms with Gasteiger partial charge in [-0.15, -0.1) is 0 Å². The lowest BCUT2D eigenvalue weighted by atomic mass is 10.1. The van der Waals surface area contributed by atoms with Crippen LogP contribution in [0.5, 0.6) is 0 Å².